The molecule has 176 valence electrons. The number of carboxylic acid groups (broad SMARTS) is 1. The van der Waals surface area contributed by atoms with E-state index >= 15 is 0 Å². The highest BCUT2D eigenvalue weighted by molar-refractivity contribution is 5.97. The zero-order chi connectivity index (χ0) is 24.2. The summed E-state index contributed by atoms with van der Waals surface area (Å²) in [6, 6.07) is 1.24. The number of carbonyl (C=O) groups is 2. The molecule has 0 aromatic heterocycles. The molecule has 1 aromatic carbocycles. The molecule has 0 aliphatic carbocycles. The number of nitrogens with zero attached hydrogens (tertiary/aromatic N) is 2. The van der Waals surface area contributed by atoms with Gasteiger partial charge in [0.2, 0.25) is 11.7 Å². The van der Waals surface area contributed by atoms with Crippen molar-refractivity contribution < 1.29 is 36.6 Å². The standard InChI is InChI=1S/C20H23F5N4O3/c1-10-5-14(21)15(22)7-12(10)6-13(26)8-16(30)29-4-3-27-19(20(23,24)25)28-17(18(31)32)11(2)9-29/h5,7,13H,3-4,6,8-9,26H2,1-2H3,(H,27,28)(H,31,32)/b17-11+/t13-/m1/s1. The maximum atomic E-state index is 13.5. The van der Waals surface area contributed by atoms with Crippen LogP contribution in [0.2, 0.25) is 0 Å². The maximum Gasteiger partial charge on any atom is 0.449 e. The van der Waals surface area contributed by atoms with Crippen LogP contribution in [0.5, 0.6) is 0 Å². The number of aryl methyl sites for hydroxylation is 1. The van der Waals surface area contributed by atoms with Crippen molar-refractivity contribution in [3.63, 3.8) is 0 Å². The molecular weight excluding hydrogens is 439 g/mol. The van der Waals surface area contributed by atoms with Gasteiger partial charge in [0.05, 0.1) is 6.54 Å². The van der Waals surface area contributed by atoms with Crippen molar-refractivity contribution in [3.05, 3.63) is 46.2 Å². The van der Waals surface area contributed by atoms with Gasteiger partial charge in [-0.3, -0.25) is 9.79 Å². The van der Waals surface area contributed by atoms with Crippen LogP contribution in [0.1, 0.15) is 24.5 Å². The Morgan fingerprint density at radius 3 is 2.47 bits per heavy atom. The summed E-state index contributed by atoms with van der Waals surface area (Å²) in [6.07, 6.45) is -5.07. The topological polar surface area (TPSA) is 108 Å². The zero-order valence-corrected chi connectivity index (χ0v) is 17.4. The van der Waals surface area contributed by atoms with Gasteiger partial charge in [0.25, 0.3) is 0 Å². The number of hydrogen-bond acceptors (Lipinski definition) is 5. The highest BCUT2D eigenvalue weighted by atomic mass is 19.4. The van der Waals surface area contributed by atoms with Crippen molar-refractivity contribution in [2.75, 3.05) is 19.6 Å². The van der Waals surface area contributed by atoms with Crippen molar-refractivity contribution in [2.24, 2.45) is 10.7 Å². The molecule has 1 amide bonds. The van der Waals surface area contributed by atoms with Crippen molar-refractivity contribution >= 4 is 17.7 Å². The fraction of sp³-hybridized carbons (Fsp3) is 0.450. The Labute approximate surface area is 180 Å². The first-order chi connectivity index (χ1) is 14.8. The number of nitrogens with two attached hydrogens (primary N) is 1. The molecule has 1 aromatic rings. The fourth-order valence-corrected chi connectivity index (χ4v) is 3.22. The Morgan fingerprint density at radius 2 is 1.88 bits per heavy atom. The van der Waals surface area contributed by atoms with Gasteiger partial charge in [-0.15, -0.1) is 0 Å². The van der Waals surface area contributed by atoms with Gasteiger partial charge in [0.15, 0.2) is 11.6 Å². The largest absolute Gasteiger partial charge is 0.477 e. The number of aliphatic carboxylic acids is 1. The molecule has 1 atom stereocenters. The molecule has 0 bridgehead atoms. The normalized spacial score (nSPS) is 18.8. The molecule has 4 N–H and O–H groups in total. The van der Waals surface area contributed by atoms with Gasteiger partial charge in [0.1, 0.15) is 5.70 Å². The Balaban J connectivity index is 2.18. The number of halogens is 5. The van der Waals surface area contributed by atoms with E-state index in [1.54, 1.807) is 6.92 Å². The van der Waals surface area contributed by atoms with Gasteiger partial charge in [-0.05, 0) is 49.1 Å². The summed E-state index contributed by atoms with van der Waals surface area (Å²) in [4.78, 5) is 28.7. The molecule has 0 saturated carbocycles. The third-order valence-electron chi connectivity index (χ3n) is 4.87. The van der Waals surface area contributed by atoms with Gasteiger partial charge < -0.3 is 21.1 Å². The third-order valence-corrected chi connectivity index (χ3v) is 4.87. The second-order valence-corrected chi connectivity index (χ2v) is 7.49. The first-order valence-corrected chi connectivity index (χ1v) is 9.59. The van der Waals surface area contributed by atoms with E-state index in [2.05, 4.69) is 4.99 Å². The number of amides is 1. The quantitative estimate of drug-likeness (QED) is 0.582. The molecule has 32 heavy (non-hydrogen) atoms. The number of carboxylic acids is 1. The highest BCUT2D eigenvalue weighted by Crippen LogP contribution is 2.20. The van der Waals surface area contributed by atoms with Crippen LogP contribution in [-0.4, -0.2) is 59.6 Å². The number of aliphatic imine (C=N–C) groups is 1. The summed E-state index contributed by atoms with van der Waals surface area (Å²) >= 11 is 0. The monoisotopic (exact) mass is 462 g/mol. The number of rotatable bonds is 5. The molecule has 0 saturated heterocycles. The number of carbonyl (C=O) groups excluding carboxylic acids is 1. The summed E-state index contributed by atoms with van der Waals surface area (Å²) in [5, 5.41) is 11.1. The molecule has 0 spiro atoms. The first kappa shape index (κ1) is 25.2. The van der Waals surface area contributed by atoms with Gasteiger partial charge in [-0.25, -0.2) is 13.6 Å². The molecular formula is C20H23F5N4O3. The zero-order valence-electron chi connectivity index (χ0n) is 17.4. The van der Waals surface area contributed by atoms with E-state index in [0.717, 1.165) is 12.1 Å². The summed E-state index contributed by atoms with van der Waals surface area (Å²) < 4.78 is 66.1. The van der Waals surface area contributed by atoms with Gasteiger partial charge in [-0.2, -0.15) is 13.2 Å². The van der Waals surface area contributed by atoms with Crippen LogP contribution in [0.3, 0.4) is 0 Å². The average Bonchev–Trinajstić information content (AvgIpc) is 2.74. The summed E-state index contributed by atoms with van der Waals surface area (Å²) in [6.45, 7) is 2.01. The lowest BCUT2D eigenvalue weighted by atomic mass is 9.99. The average molecular weight is 462 g/mol. The van der Waals surface area contributed by atoms with Crippen molar-refractivity contribution in [2.45, 2.75) is 38.9 Å². The summed E-state index contributed by atoms with van der Waals surface area (Å²) in [7, 11) is 0. The second kappa shape index (κ2) is 10.1. The predicted molar refractivity (Wildman–Crippen MR) is 106 cm³/mol. The minimum atomic E-state index is -4.90. The van der Waals surface area contributed by atoms with Crippen LogP contribution >= 0.6 is 0 Å². The number of amidine groups is 1. The van der Waals surface area contributed by atoms with Crippen molar-refractivity contribution in [1.82, 2.24) is 10.2 Å². The maximum absolute atomic E-state index is 13.5. The Hall–Kier alpha value is -3.02. The minimum absolute atomic E-state index is 0.00489. The number of hydrogen-bond donors (Lipinski definition) is 3. The van der Waals surface area contributed by atoms with Crippen molar-refractivity contribution in [3.8, 4) is 0 Å². The molecule has 0 radical (unpaired) electrons. The summed E-state index contributed by atoms with van der Waals surface area (Å²) in [5.41, 5.74) is 6.15. The minimum Gasteiger partial charge on any atom is -0.477 e. The van der Waals surface area contributed by atoms with E-state index in [4.69, 9.17) is 5.73 Å². The van der Waals surface area contributed by atoms with Crippen molar-refractivity contribution in [1.29, 1.82) is 0 Å². The second-order valence-electron chi connectivity index (χ2n) is 7.49. The van der Waals surface area contributed by atoms with Gasteiger partial charge >= 0.3 is 12.1 Å². The first-order valence-electron chi connectivity index (χ1n) is 9.59. The van der Waals surface area contributed by atoms with Crippen LogP contribution in [0.15, 0.2) is 28.4 Å². The third kappa shape index (κ3) is 6.49. The Kier molecular flexibility index (Phi) is 7.94. The lowest BCUT2D eigenvalue weighted by molar-refractivity contribution is -0.134. The van der Waals surface area contributed by atoms with Crippen LogP contribution in [0, 0.1) is 18.6 Å². The van der Waals surface area contributed by atoms with Crippen LogP contribution < -0.4 is 11.1 Å². The fourth-order valence-electron chi connectivity index (χ4n) is 3.22. The number of alkyl halides is 3. The molecule has 0 fully saturated rings. The van der Waals surface area contributed by atoms with Crippen LogP contribution in [-0.2, 0) is 16.0 Å². The van der Waals surface area contributed by atoms with E-state index in [1.807, 2.05) is 5.32 Å². The van der Waals surface area contributed by atoms with E-state index in [-0.39, 0.29) is 31.5 Å². The molecule has 12 heteroatoms. The molecule has 7 nitrogen and oxygen atoms in total. The molecule has 1 aliphatic rings. The number of nitrogens with one attached hydrogen (secondary N) is 1. The van der Waals surface area contributed by atoms with E-state index in [1.165, 1.54) is 11.8 Å². The van der Waals surface area contributed by atoms with Crippen LogP contribution in [0.4, 0.5) is 22.0 Å². The smallest absolute Gasteiger partial charge is 0.449 e. The van der Waals surface area contributed by atoms with E-state index < -0.39 is 53.8 Å². The van der Waals surface area contributed by atoms with E-state index in [0.29, 0.717) is 11.1 Å². The summed E-state index contributed by atoms with van der Waals surface area (Å²) in [5.74, 6) is -5.67. The van der Waals surface area contributed by atoms with E-state index in [9.17, 15) is 36.6 Å². The highest BCUT2D eigenvalue weighted by Gasteiger charge is 2.38. The van der Waals surface area contributed by atoms with Gasteiger partial charge in [-0.1, -0.05) is 0 Å². The Morgan fingerprint density at radius 1 is 1.25 bits per heavy atom. The molecule has 1 aliphatic heterocycles. The SMILES string of the molecule is C/C1=C(/C(=O)O)NC(C(F)(F)F)=NCCN(C(=O)C[C@H](N)Cc2cc(F)c(F)cc2C)C1. The lowest BCUT2D eigenvalue weighted by Gasteiger charge is -2.24. The molecule has 1 heterocycles. The lowest BCUT2D eigenvalue weighted by Crippen LogP contribution is -2.40. The predicted octanol–water partition coefficient (Wildman–Crippen LogP) is 2.28. The van der Waals surface area contributed by atoms with Gasteiger partial charge in [0, 0.05) is 25.6 Å². The Bertz CT molecular complexity index is 959. The molecule has 2 rings (SSSR count). The van der Waals surface area contributed by atoms with Crippen LogP contribution in [0.25, 0.3) is 0 Å². The number of benzene rings is 1. The molecule has 0 unspecified atom stereocenters.